The second kappa shape index (κ2) is 8.42. The highest BCUT2D eigenvalue weighted by Gasteiger charge is 2.26. The maximum absolute atomic E-state index is 12.8. The Bertz CT molecular complexity index is 1420. The number of hydrogen-bond donors (Lipinski definition) is 1. The molecule has 1 amide bonds. The maximum Gasteiger partial charge on any atom is 0.292 e. The summed E-state index contributed by atoms with van der Waals surface area (Å²) < 4.78 is 5.64. The van der Waals surface area contributed by atoms with Gasteiger partial charge in [0.1, 0.15) is 16.7 Å². The van der Waals surface area contributed by atoms with Gasteiger partial charge in [0.05, 0.1) is 10.9 Å². The highest BCUT2D eigenvalue weighted by Crippen LogP contribution is 2.37. The molecule has 0 radical (unpaired) electrons. The number of fused-ring (bicyclic) bond motifs is 2. The Morgan fingerprint density at radius 2 is 1.94 bits per heavy atom. The molecule has 2 aromatic heterocycles. The number of carbonyl (C=O) groups excluding carboxylic acids is 1. The number of hydrogen-bond acceptors (Lipinski definition) is 6. The number of nitriles is 1. The van der Waals surface area contributed by atoms with Crippen molar-refractivity contribution in [2.24, 2.45) is 0 Å². The van der Waals surface area contributed by atoms with Crippen molar-refractivity contribution in [2.75, 3.05) is 11.9 Å². The number of para-hydroxylation sites is 1. The highest BCUT2D eigenvalue weighted by atomic mass is 32.1. The first-order chi connectivity index (χ1) is 15.6. The molecule has 32 heavy (non-hydrogen) atoms. The monoisotopic (exact) mass is 441 g/mol. The predicted molar refractivity (Wildman–Crippen MR) is 124 cm³/mol. The first-order valence-electron chi connectivity index (χ1n) is 10.3. The molecule has 0 aliphatic carbocycles. The van der Waals surface area contributed by atoms with Gasteiger partial charge in [0.15, 0.2) is 11.2 Å². The maximum atomic E-state index is 12.8. The molecule has 5 rings (SSSR count). The van der Waals surface area contributed by atoms with Crippen LogP contribution in [0.1, 0.15) is 32.1 Å². The van der Waals surface area contributed by atoms with Crippen LogP contribution in [0.15, 0.2) is 69.9 Å². The quantitative estimate of drug-likeness (QED) is 0.503. The van der Waals surface area contributed by atoms with Gasteiger partial charge >= 0.3 is 0 Å². The Hall–Kier alpha value is -3.73. The van der Waals surface area contributed by atoms with E-state index in [1.165, 1.54) is 23.0 Å². The minimum atomic E-state index is -0.538. The lowest BCUT2D eigenvalue weighted by Gasteiger charge is -2.26. The summed E-state index contributed by atoms with van der Waals surface area (Å²) in [5, 5.41) is 13.5. The van der Waals surface area contributed by atoms with Crippen LogP contribution in [0.5, 0.6) is 0 Å². The fraction of sp³-hybridized carbons (Fsp3) is 0.160. The van der Waals surface area contributed by atoms with Gasteiger partial charge in [-0.15, -0.1) is 11.3 Å². The summed E-state index contributed by atoms with van der Waals surface area (Å²) >= 11 is 1.42. The van der Waals surface area contributed by atoms with Crippen molar-refractivity contribution in [1.29, 1.82) is 5.26 Å². The van der Waals surface area contributed by atoms with Crippen LogP contribution in [0.25, 0.3) is 11.0 Å². The Kier molecular flexibility index (Phi) is 5.31. The molecule has 7 heteroatoms. The number of thiophene rings is 1. The third kappa shape index (κ3) is 3.82. The second-order valence-corrected chi connectivity index (χ2v) is 8.80. The van der Waals surface area contributed by atoms with E-state index in [0.29, 0.717) is 21.5 Å². The smallest absolute Gasteiger partial charge is 0.292 e. The Balaban J connectivity index is 1.39. The van der Waals surface area contributed by atoms with E-state index in [1.807, 2.05) is 18.2 Å². The van der Waals surface area contributed by atoms with Crippen molar-refractivity contribution in [3.05, 3.63) is 98.2 Å². The largest absolute Gasteiger partial charge is 0.451 e. The summed E-state index contributed by atoms with van der Waals surface area (Å²) in [4.78, 5) is 28.6. The van der Waals surface area contributed by atoms with Gasteiger partial charge < -0.3 is 9.73 Å². The molecule has 0 fully saturated rings. The zero-order valence-corrected chi connectivity index (χ0v) is 17.9. The summed E-state index contributed by atoms with van der Waals surface area (Å²) in [6, 6.07) is 20.5. The molecule has 0 bridgehead atoms. The van der Waals surface area contributed by atoms with Crippen molar-refractivity contribution >= 4 is 33.2 Å². The standard InChI is InChI=1S/C25H19N3O3S/c26-13-19-17-10-11-28(14-16-6-2-1-3-7-16)15-23(17)32-25(19)27-24(30)22-12-20(29)18-8-4-5-9-21(18)31-22/h1-9,12H,10-11,14-15H2,(H,27,30). The van der Waals surface area contributed by atoms with Crippen LogP contribution in [0.4, 0.5) is 5.00 Å². The number of nitrogens with zero attached hydrogens (tertiary/aromatic N) is 2. The second-order valence-electron chi connectivity index (χ2n) is 7.69. The van der Waals surface area contributed by atoms with Crippen LogP contribution >= 0.6 is 11.3 Å². The summed E-state index contributed by atoms with van der Waals surface area (Å²) in [7, 11) is 0. The lowest BCUT2D eigenvalue weighted by atomic mass is 10.0. The summed E-state index contributed by atoms with van der Waals surface area (Å²) in [5.41, 5.74) is 2.82. The van der Waals surface area contributed by atoms with Crippen molar-refractivity contribution in [1.82, 2.24) is 4.90 Å². The van der Waals surface area contributed by atoms with Crippen LogP contribution in [0, 0.1) is 11.3 Å². The number of amides is 1. The van der Waals surface area contributed by atoms with Crippen molar-refractivity contribution in [2.45, 2.75) is 19.5 Å². The first-order valence-corrected chi connectivity index (χ1v) is 11.1. The summed E-state index contributed by atoms with van der Waals surface area (Å²) in [6.07, 6.45) is 0.752. The van der Waals surface area contributed by atoms with Gasteiger partial charge in [-0.25, -0.2) is 0 Å². The Labute approximate surface area is 188 Å². The molecule has 2 aromatic carbocycles. The van der Waals surface area contributed by atoms with Gasteiger partial charge in [0.2, 0.25) is 0 Å². The number of anilines is 1. The van der Waals surface area contributed by atoms with Gasteiger partial charge in [-0.2, -0.15) is 5.26 Å². The molecule has 1 aliphatic heterocycles. The number of nitrogens with one attached hydrogen (secondary N) is 1. The van der Waals surface area contributed by atoms with Crippen LogP contribution < -0.4 is 10.7 Å². The van der Waals surface area contributed by atoms with Crippen LogP contribution in [0.3, 0.4) is 0 Å². The molecule has 0 atom stereocenters. The lowest BCUT2D eigenvalue weighted by molar-refractivity contribution is 0.0997. The average molecular weight is 442 g/mol. The molecule has 0 spiro atoms. The third-order valence-corrected chi connectivity index (χ3v) is 6.71. The third-order valence-electron chi connectivity index (χ3n) is 5.58. The number of carbonyl (C=O) groups is 1. The molecule has 4 aromatic rings. The molecule has 0 unspecified atom stereocenters. The van der Waals surface area contributed by atoms with E-state index in [1.54, 1.807) is 24.3 Å². The summed E-state index contributed by atoms with van der Waals surface area (Å²) in [5.74, 6) is -0.612. The van der Waals surface area contributed by atoms with Gasteiger partial charge in [0.25, 0.3) is 5.91 Å². The van der Waals surface area contributed by atoms with E-state index in [-0.39, 0.29) is 11.2 Å². The Morgan fingerprint density at radius 1 is 1.16 bits per heavy atom. The lowest BCUT2D eigenvalue weighted by Crippen LogP contribution is -2.29. The van der Waals surface area contributed by atoms with Crippen LogP contribution in [-0.4, -0.2) is 17.4 Å². The van der Waals surface area contributed by atoms with Gasteiger partial charge in [0, 0.05) is 30.6 Å². The molecular formula is C25H19N3O3S. The first kappa shape index (κ1) is 20.2. The fourth-order valence-electron chi connectivity index (χ4n) is 4.02. The van der Waals surface area contributed by atoms with E-state index < -0.39 is 5.91 Å². The van der Waals surface area contributed by atoms with Crippen molar-refractivity contribution in [3.63, 3.8) is 0 Å². The molecule has 3 heterocycles. The van der Waals surface area contributed by atoms with Gasteiger partial charge in [-0.3, -0.25) is 14.5 Å². The van der Waals surface area contributed by atoms with E-state index >= 15 is 0 Å². The molecule has 1 aliphatic rings. The zero-order chi connectivity index (χ0) is 22.1. The summed E-state index contributed by atoms with van der Waals surface area (Å²) in [6.45, 7) is 2.41. The normalized spacial score (nSPS) is 13.5. The van der Waals surface area contributed by atoms with E-state index in [0.717, 1.165) is 36.5 Å². The zero-order valence-electron chi connectivity index (χ0n) is 17.1. The van der Waals surface area contributed by atoms with Gasteiger partial charge in [-0.05, 0) is 29.7 Å². The predicted octanol–water partition coefficient (Wildman–Crippen LogP) is 4.54. The average Bonchev–Trinajstić information content (AvgIpc) is 3.15. The SMILES string of the molecule is N#Cc1c(NC(=O)c2cc(=O)c3ccccc3o2)sc2c1CCN(Cc1ccccc1)C2. The van der Waals surface area contributed by atoms with E-state index in [4.69, 9.17) is 4.42 Å². The fourth-order valence-corrected chi connectivity index (χ4v) is 5.26. The van der Waals surface area contributed by atoms with Crippen molar-refractivity contribution < 1.29 is 9.21 Å². The minimum Gasteiger partial charge on any atom is -0.451 e. The molecule has 0 saturated heterocycles. The van der Waals surface area contributed by atoms with E-state index in [2.05, 4.69) is 28.4 Å². The van der Waals surface area contributed by atoms with Crippen LogP contribution in [0.2, 0.25) is 0 Å². The number of rotatable bonds is 4. The molecule has 6 nitrogen and oxygen atoms in total. The Morgan fingerprint density at radius 3 is 2.75 bits per heavy atom. The topological polar surface area (TPSA) is 86.3 Å². The molecular weight excluding hydrogens is 422 g/mol. The number of benzene rings is 2. The highest BCUT2D eigenvalue weighted by molar-refractivity contribution is 7.16. The molecule has 0 saturated carbocycles. The molecule has 158 valence electrons. The van der Waals surface area contributed by atoms with Crippen LogP contribution in [-0.2, 0) is 19.5 Å². The van der Waals surface area contributed by atoms with Crippen molar-refractivity contribution in [3.8, 4) is 6.07 Å². The van der Waals surface area contributed by atoms with E-state index in [9.17, 15) is 14.9 Å². The minimum absolute atomic E-state index is 0.0744. The van der Waals surface area contributed by atoms with Gasteiger partial charge in [-0.1, -0.05) is 42.5 Å². The molecule has 1 N–H and O–H groups in total.